The van der Waals surface area contributed by atoms with Crippen LogP contribution in [0.5, 0.6) is 5.75 Å². The Morgan fingerprint density at radius 2 is 2.08 bits per heavy atom. The Labute approximate surface area is 91.8 Å². The van der Waals surface area contributed by atoms with Crippen LogP contribution >= 0.6 is 31.9 Å². The Morgan fingerprint density at radius 3 is 2.77 bits per heavy atom. The molecule has 0 aliphatic rings. The second-order valence-electron chi connectivity index (χ2n) is 2.81. The van der Waals surface area contributed by atoms with Crippen molar-refractivity contribution < 1.29 is 9.52 Å². The number of furan rings is 1. The number of hydrogen-bond acceptors (Lipinski definition) is 2. The highest BCUT2D eigenvalue weighted by atomic mass is 79.9. The summed E-state index contributed by atoms with van der Waals surface area (Å²) in [5.41, 5.74) is 1.76. The van der Waals surface area contributed by atoms with Crippen LogP contribution in [0.1, 0.15) is 5.56 Å². The molecule has 0 atom stereocenters. The van der Waals surface area contributed by atoms with Gasteiger partial charge in [-0.25, -0.2) is 0 Å². The van der Waals surface area contributed by atoms with Crippen molar-refractivity contribution in [2.75, 3.05) is 0 Å². The van der Waals surface area contributed by atoms with Crippen molar-refractivity contribution in [3.8, 4) is 5.75 Å². The normalized spacial score (nSPS) is 11.0. The van der Waals surface area contributed by atoms with Gasteiger partial charge in [-0.1, -0.05) is 0 Å². The van der Waals surface area contributed by atoms with Crippen molar-refractivity contribution >= 4 is 42.8 Å². The van der Waals surface area contributed by atoms with Gasteiger partial charge in [0.1, 0.15) is 11.3 Å². The fraction of sp³-hybridized carbons (Fsp3) is 0.111. The first-order valence-electron chi connectivity index (χ1n) is 3.66. The van der Waals surface area contributed by atoms with E-state index in [9.17, 15) is 5.11 Å². The topological polar surface area (TPSA) is 33.4 Å². The van der Waals surface area contributed by atoms with Gasteiger partial charge >= 0.3 is 0 Å². The van der Waals surface area contributed by atoms with E-state index in [1.54, 1.807) is 12.3 Å². The van der Waals surface area contributed by atoms with Gasteiger partial charge in [0, 0.05) is 5.39 Å². The Balaban J connectivity index is 2.97. The molecule has 0 radical (unpaired) electrons. The van der Waals surface area contributed by atoms with E-state index < -0.39 is 0 Å². The van der Waals surface area contributed by atoms with E-state index in [1.807, 2.05) is 6.92 Å². The average Bonchev–Trinajstić information content (AvgIpc) is 2.43. The summed E-state index contributed by atoms with van der Waals surface area (Å²) in [6.07, 6.45) is 1.67. The average molecular weight is 306 g/mol. The number of aryl methyl sites for hydroxylation is 1. The third-order valence-electron chi connectivity index (χ3n) is 1.91. The highest BCUT2D eigenvalue weighted by Gasteiger charge is 2.13. The minimum Gasteiger partial charge on any atom is -0.506 e. The zero-order valence-electron chi connectivity index (χ0n) is 6.77. The summed E-state index contributed by atoms with van der Waals surface area (Å²) >= 11 is 6.56. The quantitative estimate of drug-likeness (QED) is 0.799. The third kappa shape index (κ3) is 1.28. The highest BCUT2D eigenvalue weighted by molar-refractivity contribution is 9.11. The van der Waals surface area contributed by atoms with Crippen LogP contribution in [0, 0.1) is 6.92 Å². The maximum atomic E-state index is 9.61. The van der Waals surface area contributed by atoms with Gasteiger partial charge in [-0.05, 0) is 50.4 Å². The van der Waals surface area contributed by atoms with Crippen LogP contribution in [0.3, 0.4) is 0 Å². The summed E-state index contributed by atoms with van der Waals surface area (Å²) in [5.74, 6) is 0.206. The summed E-state index contributed by atoms with van der Waals surface area (Å²) < 4.78 is 6.59. The van der Waals surface area contributed by atoms with Gasteiger partial charge in [-0.3, -0.25) is 0 Å². The lowest BCUT2D eigenvalue weighted by atomic mass is 10.2. The number of aromatic hydroxyl groups is 1. The minimum absolute atomic E-state index is 0.206. The zero-order valence-corrected chi connectivity index (χ0v) is 9.94. The molecule has 0 spiro atoms. The number of halogens is 2. The SMILES string of the molecule is Cc1coc2cc(Br)c(O)c(Br)c12. The first-order chi connectivity index (χ1) is 6.11. The number of hydrogen-bond donors (Lipinski definition) is 1. The smallest absolute Gasteiger partial charge is 0.144 e. The molecule has 0 amide bonds. The summed E-state index contributed by atoms with van der Waals surface area (Å²) in [6, 6.07) is 1.75. The zero-order chi connectivity index (χ0) is 9.59. The molecular weight excluding hydrogens is 300 g/mol. The van der Waals surface area contributed by atoms with Crippen molar-refractivity contribution in [1.82, 2.24) is 0 Å². The van der Waals surface area contributed by atoms with Crippen molar-refractivity contribution in [1.29, 1.82) is 0 Å². The first-order valence-corrected chi connectivity index (χ1v) is 5.24. The minimum atomic E-state index is 0.206. The van der Waals surface area contributed by atoms with E-state index in [0.29, 0.717) is 8.95 Å². The second kappa shape index (κ2) is 3.03. The summed E-state index contributed by atoms with van der Waals surface area (Å²) in [6.45, 7) is 1.93. The molecule has 4 heteroatoms. The molecule has 1 heterocycles. The molecule has 1 N–H and O–H groups in total. The van der Waals surface area contributed by atoms with Crippen molar-refractivity contribution in [3.05, 3.63) is 26.8 Å². The van der Waals surface area contributed by atoms with Crippen molar-refractivity contribution in [2.24, 2.45) is 0 Å². The Morgan fingerprint density at radius 1 is 1.38 bits per heavy atom. The summed E-state index contributed by atoms with van der Waals surface area (Å²) in [7, 11) is 0. The summed E-state index contributed by atoms with van der Waals surface area (Å²) in [4.78, 5) is 0. The van der Waals surface area contributed by atoms with Gasteiger partial charge in [0.15, 0.2) is 0 Å². The molecule has 2 rings (SSSR count). The molecule has 0 saturated heterocycles. The van der Waals surface area contributed by atoms with Gasteiger partial charge in [0.2, 0.25) is 0 Å². The maximum Gasteiger partial charge on any atom is 0.144 e. The molecule has 0 bridgehead atoms. The van der Waals surface area contributed by atoms with Crippen LogP contribution < -0.4 is 0 Å². The van der Waals surface area contributed by atoms with Gasteiger partial charge in [0.25, 0.3) is 0 Å². The van der Waals surface area contributed by atoms with E-state index >= 15 is 0 Å². The number of rotatable bonds is 0. The molecule has 2 nitrogen and oxygen atoms in total. The number of phenolic OH excluding ortho intramolecular Hbond substituents is 1. The Kier molecular flexibility index (Phi) is 2.12. The van der Waals surface area contributed by atoms with E-state index in [1.165, 1.54) is 0 Å². The molecule has 0 saturated carbocycles. The van der Waals surface area contributed by atoms with E-state index in [-0.39, 0.29) is 5.75 Å². The fourth-order valence-electron chi connectivity index (χ4n) is 1.26. The van der Waals surface area contributed by atoms with Crippen LogP contribution in [-0.2, 0) is 0 Å². The van der Waals surface area contributed by atoms with E-state index in [4.69, 9.17) is 4.42 Å². The van der Waals surface area contributed by atoms with E-state index in [0.717, 1.165) is 16.5 Å². The van der Waals surface area contributed by atoms with Crippen LogP contribution in [0.2, 0.25) is 0 Å². The van der Waals surface area contributed by atoms with Crippen molar-refractivity contribution in [2.45, 2.75) is 6.92 Å². The van der Waals surface area contributed by atoms with Gasteiger partial charge < -0.3 is 9.52 Å². The Hall–Kier alpha value is -0.480. The third-order valence-corrected chi connectivity index (χ3v) is 3.29. The number of fused-ring (bicyclic) bond motifs is 1. The fourth-order valence-corrected chi connectivity index (χ4v) is 2.65. The molecule has 1 aromatic carbocycles. The van der Waals surface area contributed by atoms with Crippen LogP contribution in [0.4, 0.5) is 0 Å². The van der Waals surface area contributed by atoms with E-state index in [2.05, 4.69) is 31.9 Å². The molecule has 0 aliphatic heterocycles. The molecule has 0 fully saturated rings. The second-order valence-corrected chi connectivity index (χ2v) is 4.46. The van der Waals surface area contributed by atoms with Crippen LogP contribution in [0.15, 0.2) is 25.7 Å². The standard InChI is InChI=1S/C9H6Br2O2/c1-4-3-13-6-2-5(10)9(12)8(11)7(4)6/h2-3,12H,1H3. The van der Waals surface area contributed by atoms with Crippen molar-refractivity contribution in [3.63, 3.8) is 0 Å². The predicted octanol–water partition coefficient (Wildman–Crippen LogP) is 3.97. The Bertz CT molecular complexity index is 474. The van der Waals surface area contributed by atoms with Crippen LogP contribution in [-0.4, -0.2) is 5.11 Å². The predicted molar refractivity (Wildman–Crippen MR) is 58.0 cm³/mol. The lowest BCUT2D eigenvalue weighted by molar-refractivity contribution is 0.469. The molecule has 0 unspecified atom stereocenters. The van der Waals surface area contributed by atoms with Gasteiger partial charge in [0.05, 0.1) is 15.2 Å². The molecule has 68 valence electrons. The largest absolute Gasteiger partial charge is 0.506 e. The monoisotopic (exact) mass is 304 g/mol. The van der Waals surface area contributed by atoms with Crippen LogP contribution in [0.25, 0.3) is 11.0 Å². The number of benzene rings is 1. The summed E-state index contributed by atoms with van der Waals surface area (Å²) in [5, 5.41) is 10.5. The lowest BCUT2D eigenvalue weighted by Crippen LogP contribution is -1.75. The molecule has 0 aliphatic carbocycles. The molecular formula is C9H6Br2O2. The highest BCUT2D eigenvalue weighted by Crippen LogP contribution is 2.40. The molecule has 13 heavy (non-hydrogen) atoms. The van der Waals surface area contributed by atoms with Gasteiger partial charge in [-0.15, -0.1) is 0 Å². The van der Waals surface area contributed by atoms with Gasteiger partial charge in [-0.2, -0.15) is 0 Å². The first kappa shape index (κ1) is 9.09. The number of phenols is 1. The molecule has 2 aromatic rings. The molecule has 1 aromatic heterocycles. The lowest BCUT2D eigenvalue weighted by Gasteiger charge is -2.01. The maximum absolute atomic E-state index is 9.61.